The molecule has 0 bridgehead atoms. The second kappa shape index (κ2) is 7.53. The maximum atomic E-state index is 12.3. The molecule has 1 aromatic heterocycles. The van der Waals surface area contributed by atoms with Crippen LogP contribution in [0.3, 0.4) is 0 Å². The zero-order valence-electron chi connectivity index (χ0n) is 13.7. The molecule has 6 heteroatoms. The van der Waals surface area contributed by atoms with Crippen molar-refractivity contribution < 1.29 is 14.5 Å². The van der Waals surface area contributed by atoms with E-state index in [9.17, 15) is 4.79 Å². The summed E-state index contributed by atoms with van der Waals surface area (Å²) in [6.07, 6.45) is 3.82. The number of carbonyl (C=O) groups excluding carboxylic acids is 1. The molecule has 0 radical (unpaired) electrons. The Morgan fingerprint density at radius 1 is 1.17 bits per heavy atom. The van der Waals surface area contributed by atoms with Gasteiger partial charge in [-0.25, -0.2) is 4.98 Å². The number of carbonyl (C=O) groups is 1. The topological polar surface area (TPSA) is 46.9 Å². The van der Waals surface area contributed by atoms with E-state index in [1.54, 1.807) is 6.07 Å². The van der Waals surface area contributed by atoms with Gasteiger partial charge in [-0.05, 0) is 24.6 Å². The largest absolute Gasteiger partial charge is 0.482 e. The Morgan fingerprint density at radius 3 is 2.58 bits per heavy atom. The Balaban J connectivity index is 1.51. The Labute approximate surface area is 146 Å². The van der Waals surface area contributed by atoms with Crippen LogP contribution in [0.25, 0.3) is 0 Å². The lowest BCUT2D eigenvalue weighted by Crippen LogP contribution is -2.50. The molecule has 1 aliphatic heterocycles. The Hall–Kier alpha value is -2.27. The van der Waals surface area contributed by atoms with Crippen molar-refractivity contribution in [1.82, 2.24) is 4.90 Å². The van der Waals surface area contributed by atoms with Gasteiger partial charge in [0.2, 0.25) is 0 Å². The molecule has 1 saturated heterocycles. The van der Waals surface area contributed by atoms with E-state index in [4.69, 9.17) is 16.3 Å². The smallest absolute Gasteiger partial charge is 0.260 e. The summed E-state index contributed by atoms with van der Waals surface area (Å²) in [6, 6.07) is 9.63. The molecule has 126 valence electrons. The predicted molar refractivity (Wildman–Crippen MR) is 93.5 cm³/mol. The van der Waals surface area contributed by atoms with Crippen LogP contribution in [0.2, 0.25) is 5.02 Å². The van der Waals surface area contributed by atoms with Crippen molar-refractivity contribution in [3.63, 3.8) is 0 Å². The molecule has 5 nitrogen and oxygen atoms in total. The number of anilines is 1. The third-order valence-electron chi connectivity index (χ3n) is 4.14. The Kier molecular flexibility index (Phi) is 5.20. The minimum absolute atomic E-state index is 0.00591. The van der Waals surface area contributed by atoms with Crippen LogP contribution < -0.4 is 14.6 Å². The standard InChI is InChI=1S/C18H20ClN3O2/c1-14-2-3-16(19)17(12-14)24-13-18(23)22-10-8-21(9-11-22)15-4-6-20-7-5-15/h2-7,12H,8-11,13H2,1H3/p+1. The molecule has 1 fully saturated rings. The molecule has 1 amide bonds. The molecule has 24 heavy (non-hydrogen) atoms. The molecule has 0 aliphatic carbocycles. The lowest BCUT2D eigenvalue weighted by molar-refractivity contribution is -0.377. The summed E-state index contributed by atoms with van der Waals surface area (Å²) in [4.78, 5) is 19.5. The lowest BCUT2D eigenvalue weighted by atomic mass is 10.2. The number of amides is 1. The predicted octanol–water partition coefficient (Wildman–Crippen LogP) is 2.19. The average Bonchev–Trinajstić information content (AvgIpc) is 2.63. The van der Waals surface area contributed by atoms with Crippen molar-refractivity contribution in [3.8, 4) is 5.75 Å². The number of hydrogen-bond acceptors (Lipinski definition) is 3. The van der Waals surface area contributed by atoms with Crippen molar-refractivity contribution in [3.05, 3.63) is 53.3 Å². The third-order valence-corrected chi connectivity index (χ3v) is 4.45. The fourth-order valence-electron chi connectivity index (χ4n) is 2.75. The summed E-state index contributed by atoms with van der Waals surface area (Å²) >= 11 is 6.09. The highest BCUT2D eigenvalue weighted by molar-refractivity contribution is 6.32. The number of H-pyrrole nitrogens is 1. The van der Waals surface area contributed by atoms with Crippen molar-refractivity contribution in [2.45, 2.75) is 6.92 Å². The van der Waals surface area contributed by atoms with Gasteiger partial charge in [0.1, 0.15) is 5.75 Å². The first-order chi connectivity index (χ1) is 11.6. The second-order valence-electron chi connectivity index (χ2n) is 5.85. The number of rotatable bonds is 4. The number of piperazine rings is 1. The van der Waals surface area contributed by atoms with E-state index in [1.165, 1.54) is 5.69 Å². The molecule has 2 aromatic rings. The zero-order valence-corrected chi connectivity index (χ0v) is 14.4. The molecule has 1 aliphatic rings. The number of benzene rings is 1. The van der Waals surface area contributed by atoms with Crippen molar-refractivity contribution in [2.75, 3.05) is 37.7 Å². The van der Waals surface area contributed by atoms with Gasteiger partial charge in [-0.1, -0.05) is 17.7 Å². The summed E-state index contributed by atoms with van der Waals surface area (Å²) in [6.45, 7) is 5.02. The van der Waals surface area contributed by atoms with E-state index in [0.29, 0.717) is 23.9 Å². The van der Waals surface area contributed by atoms with Gasteiger partial charge >= 0.3 is 0 Å². The maximum absolute atomic E-state index is 12.3. The van der Waals surface area contributed by atoms with Gasteiger partial charge in [-0.15, -0.1) is 0 Å². The quantitative estimate of drug-likeness (QED) is 0.852. The first kappa shape index (κ1) is 16.6. The van der Waals surface area contributed by atoms with Crippen LogP contribution in [0.5, 0.6) is 5.75 Å². The van der Waals surface area contributed by atoms with E-state index >= 15 is 0 Å². The van der Waals surface area contributed by atoms with Gasteiger partial charge in [-0.3, -0.25) is 4.79 Å². The number of nitrogens with zero attached hydrogens (tertiary/aromatic N) is 2. The molecule has 0 spiro atoms. The minimum atomic E-state index is -0.00591. The third kappa shape index (κ3) is 3.97. The molecular formula is C18H21ClN3O2+. The molecule has 2 heterocycles. The number of aromatic amines is 1. The summed E-state index contributed by atoms with van der Waals surface area (Å²) in [5.41, 5.74) is 2.22. The molecule has 0 atom stereocenters. The van der Waals surface area contributed by atoms with Gasteiger partial charge in [-0.2, -0.15) is 0 Å². The molecule has 1 N–H and O–H groups in total. The van der Waals surface area contributed by atoms with Crippen LogP contribution in [-0.2, 0) is 4.79 Å². The van der Waals surface area contributed by atoms with Crippen LogP contribution in [0.4, 0.5) is 5.69 Å². The summed E-state index contributed by atoms with van der Waals surface area (Å²) in [5.74, 6) is 0.554. The second-order valence-corrected chi connectivity index (χ2v) is 6.26. The fourth-order valence-corrected chi connectivity index (χ4v) is 2.93. The van der Waals surface area contributed by atoms with E-state index in [1.807, 2.05) is 48.5 Å². The van der Waals surface area contributed by atoms with Crippen molar-refractivity contribution in [2.24, 2.45) is 0 Å². The SMILES string of the molecule is Cc1ccc(Cl)c(OCC(=O)N2CCN(c3cc[nH+]cc3)CC2)c1. The van der Waals surface area contributed by atoms with E-state index in [0.717, 1.165) is 18.7 Å². The van der Waals surface area contributed by atoms with Gasteiger partial charge in [0, 0.05) is 44.0 Å². The van der Waals surface area contributed by atoms with Crippen LogP contribution in [-0.4, -0.2) is 43.6 Å². The highest BCUT2D eigenvalue weighted by Gasteiger charge is 2.22. The van der Waals surface area contributed by atoms with Gasteiger partial charge in [0.05, 0.1) is 5.02 Å². The van der Waals surface area contributed by atoms with Crippen LogP contribution in [0.15, 0.2) is 42.7 Å². The maximum Gasteiger partial charge on any atom is 0.260 e. The lowest BCUT2D eigenvalue weighted by Gasteiger charge is -2.35. The number of aryl methyl sites for hydroxylation is 1. The van der Waals surface area contributed by atoms with E-state index in [-0.39, 0.29) is 12.5 Å². The Bertz CT molecular complexity index is 701. The van der Waals surface area contributed by atoms with Crippen molar-refractivity contribution >= 4 is 23.2 Å². The van der Waals surface area contributed by atoms with Gasteiger partial charge in [0.15, 0.2) is 19.0 Å². The number of ether oxygens (including phenoxy) is 1. The fraction of sp³-hybridized carbons (Fsp3) is 0.333. The first-order valence-electron chi connectivity index (χ1n) is 8.01. The van der Waals surface area contributed by atoms with Crippen LogP contribution >= 0.6 is 11.6 Å². The zero-order chi connectivity index (χ0) is 16.9. The number of pyridine rings is 1. The average molecular weight is 347 g/mol. The molecule has 0 unspecified atom stereocenters. The summed E-state index contributed by atoms with van der Waals surface area (Å²) in [7, 11) is 0. The van der Waals surface area contributed by atoms with Crippen LogP contribution in [0.1, 0.15) is 5.56 Å². The molecular weight excluding hydrogens is 326 g/mol. The normalized spacial score (nSPS) is 14.6. The van der Waals surface area contributed by atoms with Gasteiger partial charge < -0.3 is 14.5 Å². The number of hydrogen-bond donors (Lipinski definition) is 0. The number of halogens is 1. The molecule has 3 rings (SSSR count). The van der Waals surface area contributed by atoms with E-state index < -0.39 is 0 Å². The van der Waals surface area contributed by atoms with Gasteiger partial charge in [0.25, 0.3) is 5.91 Å². The van der Waals surface area contributed by atoms with Crippen molar-refractivity contribution in [1.29, 1.82) is 0 Å². The minimum Gasteiger partial charge on any atom is -0.482 e. The highest BCUT2D eigenvalue weighted by Crippen LogP contribution is 2.25. The van der Waals surface area contributed by atoms with Crippen LogP contribution in [0, 0.1) is 6.92 Å². The van der Waals surface area contributed by atoms with E-state index in [2.05, 4.69) is 9.88 Å². The molecule has 1 aromatic carbocycles. The highest BCUT2D eigenvalue weighted by atomic mass is 35.5. The Morgan fingerprint density at radius 2 is 1.88 bits per heavy atom. The monoisotopic (exact) mass is 346 g/mol. The number of nitrogens with one attached hydrogen (secondary N) is 1. The summed E-state index contributed by atoms with van der Waals surface area (Å²) < 4.78 is 5.60. The first-order valence-corrected chi connectivity index (χ1v) is 8.39. The number of aromatic nitrogens is 1. The molecule has 0 saturated carbocycles. The summed E-state index contributed by atoms with van der Waals surface area (Å²) in [5, 5.41) is 0.527.